The molecule has 0 unspecified atom stereocenters. The maximum atomic E-state index is 11.8. The molecule has 2 heterocycles. The molecule has 134 valence electrons. The van der Waals surface area contributed by atoms with E-state index >= 15 is 0 Å². The van der Waals surface area contributed by atoms with Gasteiger partial charge in [0.2, 0.25) is 0 Å². The molecule has 0 bridgehead atoms. The van der Waals surface area contributed by atoms with Crippen LogP contribution in [0.3, 0.4) is 0 Å². The maximum absolute atomic E-state index is 11.8. The van der Waals surface area contributed by atoms with Gasteiger partial charge in [-0.05, 0) is 43.3 Å². The summed E-state index contributed by atoms with van der Waals surface area (Å²) in [5.41, 5.74) is 1.42. The van der Waals surface area contributed by atoms with E-state index in [2.05, 4.69) is 15.3 Å². The van der Waals surface area contributed by atoms with E-state index < -0.39 is 5.97 Å². The lowest BCUT2D eigenvalue weighted by Gasteiger charge is -2.03. The number of hydrogen-bond acceptors (Lipinski definition) is 7. The van der Waals surface area contributed by atoms with Crippen LogP contribution in [0.2, 0.25) is 5.02 Å². The van der Waals surface area contributed by atoms with Crippen LogP contribution in [0, 0.1) is 0 Å². The number of thioether (sulfide) groups is 1. The van der Waals surface area contributed by atoms with Gasteiger partial charge in [0.25, 0.3) is 0 Å². The van der Waals surface area contributed by atoms with Crippen LogP contribution in [0.25, 0.3) is 17.0 Å². The fraction of sp³-hybridized carbons (Fsp3) is 0.235. The number of rotatable bonds is 7. The number of esters is 1. The van der Waals surface area contributed by atoms with Crippen molar-refractivity contribution >= 4 is 40.8 Å². The zero-order valence-electron chi connectivity index (χ0n) is 13.9. The highest BCUT2D eigenvalue weighted by Gasteiger charge is 2.13. The highest BCUT2D eigenvalue weighted by Crippen LogP contribution is 2.22. The van der Waals surface area contributed by atoms with E-state index in [1.54, 1.807) is 35.7 Å². The standard InChI is InChI=1S/C17H15ClN4O3S/c1-2-25-16(24)9-13(23)10-26-15-8-7-14-19-20-17(22(14)21-15)11-3-5-12(18)6-4-11/h3-8H,2,9-10H2,1H3. The predicted octanol–water partition coefficient (Wildman–Crippen LogP) is 3.06. The maximum Gasteiger partial charge on any atom is 0.313 e. The molecule has 1 aromatic carbocycles. The lowest BCUT2D eigenvalue weighted by molar-refractivity contribution is -0.145. The molecule has 9 heteroatoms. The molecule has 0 saturated carbocycles. The van der Waals surface area contributed by atoms with Crippen molar-refractivity contribution in [1.82, 2.24) is 19.8 Å². The van der Waals surface area contributed by atoms with Gasteiger partial charge in [0.15, 0.2) is 17.3 Å². The number of ketones is 1. The molecule has 0 aliphatic heterocycles. The van der Waals surface area contributed by atoms with E-state index in [0.717, 1.165) is 5.56 Å². The smallest absolute Gasteiger partial charge is 0.313 e. The number of benzene rings is 1. The molecule has 0 fully saturated rings. The zero-order valence-corrected chi connectivity index (χ0v) is 15.5. The van der Waals surface area contributed by atoms with Gasteiger partial charge in [0, 0.05) is 10.6 Å². The normalized spacial score (nSPS) is 10.8. The first kappa shape index (κ1) is 18.3. The Bertz CT molecular complexity index is 943. The molecule has 0 aliphatic carbocycles. The van der Waals surface area contributed by atoms with Gasteiger partial charge in [-0.25, -0.2) is 0 Å². The minimum atomic E-state index is -0.509. The third kappa shape index (κ3) is 4.39. The number of aromatic nitrogens is 4. The van der Waals surface area contributed by atoms with E-state index in [-0.39, 0.29) is 24.6 Å². The van der Waals surface area contributed by atoms with E-state index in [4.69, 9.17) is 16.3 Å². The summed E-state index contributed by atoms with van der Waals surface area (Å²) in [7, 11) is 0. The Morgan fingerprint density at radius 3 is 2.65 bits per heavy atom. The average molecular weight is 391 g/mol. The lowest BCUT2D eigenvalue weighted by Crippen LogP contribution is -2.12. The van der Waals surface area contributed by atoms with Gasteiger partial charge in [-0.15, -0.1) is 10.2 Å². The molecular formula is C17H15ClN4O3S. The molecule has 3 rings (SSSR count). The van der Waals surface area contributed by atoms with E-state index in [1.807, 2.05) is 12.1 Å². The number of carbonyl (C=O) groups excluding carboxylic acids is 2. The van der Waals surface area contributed by atoms with Crippen LogP contribution in [0.5, 0.6) is 0 Å². The Hall–Kier alpha value is -2.45. The Morgan fingerprint density at radius 2 is 1.92 bits per heavy atom. The fourth-order valence-electron chi connectivity index (χ4n) is 2.21. The van der Waals surface area contributed by atoms with E-state index in [9.17, 15) is 9.59 Å². The Morgan fingerprint density at radius 1 is 1.15 bits per heavy atom. The number of hydrogen-bond donors (Lipinski definition) is 0. The van der Waals surface area contributed by atoms with Gasteiger partial charge in [-0.1, -0.05) is 23.4 Å². The first-order valence-electron chi connectivity index (χ1n) is 7.85. The summed E-state index contributed by atoms with van der Waals surface area (Å²) in [6.07, 6.45) is -0.230. The predicted molar refractivity (Wildman–Crippen MR) is 98.2 cm³/mol. The molecule has 2 aromatic heterocycles. The van der Waals surface area contributed by atoms with E-state index in [0.29, 0.717) is 21.5 Å². The molecule has 0 N–H and O–H groups in total. The second kappa shape index (κ2) is 8.29. The monoisotopic (exact) mass is 390 g/mol. The third-order valence-corrected chi connectivity index (χ3v) is 4.60. The van der Waals surface area contributed by atoms with Crippen molar-refractivity contribution in [2.75, 3.05) is 12.4 Å². The van der Waals surface area contributed by atoms with Gasteiger partial charge in [-0.2, -0.15) is 9.61 Å². The molecule has 0 radical (unpaired) electrons. The number of nitrogens with zero attached hydrogens (tertiary/aromatic N) is 4. The topological polar surface area (TPSA) is 86.5 Å². The van der Waals surface area contributed by atoms with Crippen molar-refractivity contribution in [1.29, 1.82) is 0 Å². The fourth-order valence-corrected chi connectivity index (χ4v) is 3.05. The van der Waals surface area contributed by atoms with Crippen LogP contribution in [0.15, 0.2) is 41.4 Å². The number of Topliss-reactive ketones (excluding diaryl/α,β-unsaturated/α-hetero) is 1. The molecule has 0 amide bonds. The summed E-state index contributed by atoms with van der Waals surface area (Å²) >= 11 is 7.16. The highest BCUT2D eigenvalue weighted by molar-refractivity contribution is 7.99. The minimum absolute atomic E-state index is 0.135. The quantitative estimate of drug-likeness (QED) is 0.348. The average Bonchev–Trinajstić information content (AvgIpc) is 3.04. The molecular weight excluding hydrogens is 376 g/mol. The van der Waals surface area contributed by atoms with Crippen LogP contribution in [-0.2, 0) is 14.3 Å². The van der Waals surface area contributed by atoms with Crippen molar-refractivity contribution < 1.29 is 14.3 Å². The Balaban J connectivity index is 1.74. The molecule has 0 aliphatic rings. The van der Waals surface area contributed by atoms with Gasteiger partial charge < -0.3 is 4.74 Å². The number of fused-ring (bicyclic) bond motifs is 1. The lowest BCUT2D eigenvalue weighted by atomic mass is 10.2. The van der Waals surface area contributed by atoms with Gasteiger partial charge >= 0.3 is 5.97 Å². The highest BCUT2D eigenvalue weighted by atomic mass is 35.5. The molecule has 0 spiro atoms. The molecule has 3 aromatic rings. The van der Waals surface area contributed by atoms with Crippen LogP contribution < -0.4 is 0 Å². The van der Waals surface area contributed by atoms with Gasteiger partial charge in [0.05, 0.1) is 12.4 Å². The van der Waals surface area contributed by atoms with Crippen LogP contribution in [0.1, 0.15) is 13.3 Å². The van der Waals surface area contributed by atoms with Crippen molar-refractivity contribution in [3.05, 3.63) is 41.4 Å². The van der Waals surface area contributed by atoms with Crippen LogP contribution >= 0.6 is 23.4 Å². The number of halogens is 1. The summed E-state index contributed by atoms with van der Waals surface area (Å²) in [6.45, 7) is 1.96. The summed E-state index contributed by atoms with van der Waals surface area (Å²) in [6, 6.07) is 10.7. The zero-order chi connectivity index (χ0) is 18.5. The first-order chi connectivity index (χ1) is 12.6. The summed E-state index contributed by atoms with van der Waals surface area (Å²) in [5.74, 6) is -0.00485. The van der Waals surface area contributed by atoms with Gasteiger partial charge in [-0.3, -0.25) is 9.59 Å². The Labute approximate surface area is 158 Å². The van der Waals surface area contributed by atoms with Crippen molar-refractivity contribution in [2.45, 2.75) is 18.4 Å². The second-order valence-corrected chi connectivity index (χ2v) is 6.71. The molecule has 0 atom stereocenters. The van der Waals surface area contributed by atoms with Crippen molar-refractivity contribution in [3.63, 3.8) is 0 Å². The summed E-state index contributed by atoms with van der Waals surface area (Å²) in [5, 5.41) is 14.0. The number of carbonyl (C=O) groups is 2. The third-order valence-electron chi connectivity index (χ3n) is 3.37. The first-order valence-corrected chi connectivity index (χ1v) is 9.21. The molecule has 7 nitrogen and oxygen atoms in total. The second-order valence-electron chi connectivity index (χ2n) is 5.28. The SMILES string of the molecule is CCOC(=O)CC(=O)CSc1ccc2nnc(-c3ccc(Cl)cc3)n2n1. The van der Waals surface area contributed by atoms with Crippen molar-refractivity contribution in [2.24, 2.45) is 0 Å². The largest absolute Gasteiger partial charge is 0.466 e. The molecule has 0 saturated heterocycles. The molecule has 26 heavy (non-hydrogen) atoms. The minimum Gasteiger partial charge on any atom is -0.466 e. The van der Waals surface area contributed by atoms with Crippen LogP contribution in [-0.4, -0.2) is 43.9 Å². The van der Waals surface area contributed by atoms with E-state index in [1.165, 1.54) is 11.8 Å². The summed E-state index contributed by atoms with van der Waals surface area (Å²) < 4.78 is 6.38. The van der Waals surface area contributed by atoms with Crippen LogP contribution in [0.4, 0.5) is 0 Å². The van der Waals surface area contributed by atoms with Gasteiger partial charge in [0.1, 0.15) is 11.4 Å². The van der Waals surface area contributed by atoms with Crippen molar-refractivity contribution in [3.8, 4) is 11.4 Å². The summed E-state index contributed by atoms with van der Waals surface area (Å²) in [4.78, 5) is 23.2. The number of ether oxygens (including phenoxy) is 1. The Kier molecular flexibility index (Phi) is 5.85.